The molecule has 0 aliphatic heterocycles. The average Bonchev–Trinajstić information content (AvgIpc) is 3.39. The normalized spacial score (nSPS) is 12.9. The molecule has 1 amide bonds. The lowest BCUT2D eigenvalue weighted by molar-refractivity contribution is -0.385. The predicted octanol–water partition coefficient (Wildman–Crippen LogP) is 3.04. The molecule has 1 heterocycles. The number of carbonyl (C=O) groups excluding carboxylic acids is 1. The summed E-state index contributed by atoms with van der Waals surface area (Å²) in [5.41, 5.74) is 5.17. The number of hydrazone groups is 1. The molecule has 0 unspecified atom stereocenters. The number of fused-ring (bicyclic) bond motifs is 1. The fourth-order valence-corrected chi connectivity index (χ4v) is 4.06. The molecule has 0 saturated carbocycles. The van der Waals surface area contributed by atoms with Crippen molar-refractivity contribution in [3.8, 4) is 17.0 Å². The molecule has 11 nitrogen and oxygen atoms in total. The van der Waals surface area contributed by atoms with Crippen molar-refractivity contribution >= 4 is 23.3 Å². The highest BCUT2D eigenvalue weighted by atomic mass is 16.6. The number of carbonyl (C=O) groups is 2. The highest BCUT2D eigenvalue weighted by Crippen LogP contribution is 2.35. The van der Waals surface area contributed by atoms with Gasteiger partial charge in [0.25, 0.3) is 11.6 Å². The molecule has 0 fully saturated rings. The number of nitro groups is 1. The van der Waals surface area contributed by atoms with Crippen LogP contribution in [0.3, 0.4) is 0 Å². The number of nitrogens with zero attached hydrogens (tertiary/aromatic N) is 4. The van der Waals surface area contributed by atoms with E-state index in [9.17, 15) is 24.8 Å². The summed E-state index contributed by atoms with van der Waals surface area (Å²) >= 11 is 0. The first kappa shape index (κ1) is 22.6. The monoisotopic (exact) mass is 463 g/mol. The van der Waals surface area contributed by atoms with Crippen molar-refractivity contribution < 1.29 is 24.7 Å². The van der Waals surface area contributed by atoms with Gasteiger partial charge in [-0.25, -0.2) is 10.2 Å². The third-order valence-electron chi connectivity index (χ3n) is 5.75. The van der Waals surface area contributed by atoms with E-state index in [1.165, 1.54) is 15.8 Å². The molecule has 1 aromatic heterocycles. The maximum absolute atomic E-state index is 12.4. The molecule has 0 radical (unpaired) electrons. The largest absolute Gasteiger partial charge is 0.504 e. The van der Waals surface area contributed by atoms with Gasteiger partial charge in [-0.3, -0.25) is 19.6 Å². The van der Waals surface area contributed by atoms with Crippen LogP contribution in [0.1, 0.15) is 50.9 Å². The molecule has 0 spiro atoms. The second kappa shape index (κ2) is 8.77. The topological polar surface area (TPSA) is 160 Å². The van der Waals surface area contributed by atoms with Gasteiger partial charge in [0.05, 0.1) is 10.6 Å². The van der Waals surface area contributed by atoms with Gasteiger partial charge in [0.15, 0.2) is 11.4 Å². The van der Waals surface area contributed by atoms with Gasteiger partial charge in [-0.2, -0.15) is 10.2 Å². The second-order valence-corrected chi connectivity index (χ2v) is 7.94. The molecule has 174 valence electrons. The summed E-state index contributed by atoms with van der Waals surface area (Å²) in [6.45, 7) is 1.55. The van der Waals surface area contributed by atoms with Crippen molar-refractivity contribution in [1.29, 1.82) is 0 Å². The molecule has 4 rings (SSSR count). The molecule has 34 heavy (non-hydrogen) atoms. The van der Waals surface area contributed by atoms with E-state index < -0.39 is 28.1 Å². The summed E-state index contributed by atoms with van der Waals surface area (Å²) in [6, 6.07) is 9.05. The van der Waals surface area contributed by atoms with Crippen molar-refractivity contribution in [3.05, 3.63) is 74.5 Å². The van der Waals surface area contributed by atoms with Crippen molar-refractivity contribution in [2.24, 2.45) is 12.1 Å². The lowest BCUT2D eigenvalue weighted by atomic mass is 10.0. The molecule has 11 heteroatoms. The Morgan fingerprint density at radius 2 is 1.91 bits per heavy atom. The molecule has 0 bridgehead atoms. The molecular formula is C23H21N5O6. The van der Waals surface area contributed by atoms with Gasteiger partial charge >= 0.3 is 5.97 Å². The zero-order chi connectivity index (χ0) is 24.6. The van der Waals surface area contributed by atoms with E-state index in [0.717, 1.165) is 43.0 Å². The van der Waals surface area contributed by atoms with Crippen molar-refractivity contribution in [2.75, 3.05) is 0 Å². The van der Waals surface area contributed by atoms with Crippen LogP contribution < -0.4 is 5.43 Å². The van der Waals surface area contributed by atoms with Gasteiger partial charge in [-0.15, -0.1) is 0 Å². The highest BCUT2D eigenvalue weighted by molar-refractivity contribution is 6.03. The van der Waals surface area contributed by atoms with Gasteiger partial charge in [0.1, 0.15) is 11.3 Å². The zero-order valence-electron chi connectivity index (χ0n) is 18.4. The van der Waals surface area contributed by atoms with Crippen LogP contribution in [-0.4, -0.2) is 42.5 Å². The maximum atomic E-state index is 12.4. The third-order valence-corrected chi connectivity index (χ3v) is 5.75. The van der Waals surface area contributed by atoms with Crippen molar-refractivity contribution in [2.45, 2.75) is 26.2 Å². The Kier molecular flexibility index (Phi) is 5.84. The summed E-state index contributed by atoms with van der Waals surface area (Å²) < 4.78 is 1.54. The van der Waals surface area contributed by atoms with Crippen molar-refractivity contribution in [3.63, 3.8) is 0 Å². The van der Waals surface area contributed by atoms with Crippen LogP contribution in [0.5, 0.6) is 5.75 Å². The van der Waals surface area contributed by atoms with Gasteiger partial charge in [-0.05, 0) is 55.5 Å². The zero-order valence-corrected chi connectivity index (χ0v) is 18.4. The van der Waals surface area contributed by atoms with E-state index in [4.69, 9.17) is 5.11 Å². The SMILES string of the molecule is C/C(=N\NC(=O)c1ccc(C(=O)O)c([N+](=O)[O-])c1)c1nn(C)c(-c2ccc3c(c2)CCC3)c1O. The van der Waals surface area contributed by atoms with E-state index in [2.05, 4.69) is 21.7 Å². The number of nitrogens with one attached hydrogen (secondary N) is 1. The Morgan fingerprint density at radius 3 is 2.62 bits per heavy atom. The Bertz CT molecular complexity index is 1370. The third kappa shape index (κ3) is 4.10. The Balaban J connectivity index is 1.58. The number of rotatable bonds is 6. The first-order valence-corrected chi connectivity index (χ1v) is 10.4. The fourth-order valence-electron chi connectivity index (χ4n) is 4.06. The van der Waals surface area contributed by atoms with E-state index in [-0.39, 0.29) is 22.7 Å². The molecule has 1 aliphatic rings. The van der Waals surface area contributed by atoms with Crippen LogP contribution in [-0.2, 0) is 19.9 Å². The van der Waals surface area contributed by atoms with Gasteiger partial charge < -0.3 is 10.2 Å². The number of nitro benzene ring substituents is 1. The van der Waals surface area contributed by atoms with Gasteiger partial charge in [-0.1, -0.05) is 12.1 Å². The second-order valence-electron chi connectivity index (χ2n) is 7.94. The molecular weight excluding hydrogens is 442 g/mol. The van der Waals surface area contributed by atoms with Crippen LogP contribution in [0.4, 0.5) is 5.69 Å². The number of aromatic carboxylic acids is 1. The lowest BCUT2D eigenvalue weighted by Gasteiger charge is -2.06. The Hall–Kier alpha value is -4.54. The maximum Gasteiger partial charge on any atom is 0.342 e. The van der Waals surface area contributed by atoms with E-state index in [1.807, 2.05) is 12.1 Å². The van der Waals surface area contributed by atoms with Crippen LogP contribution in [0, 0.1) is 10.1 Å². The molecule has 2 aromatic carbocycles. The first-order valence-electron chi connectivity index (χ1n) is 10.4. The summed E-state index contributed by atoms with van der Waals surface area (Å²) in [5.74, 6) is -2.34. The van der Waals surface area contributed by atoms with Crippen LogP contribution in [0.15, 0.2) is 41.5 Å². The van der Waals surface area contributed by atoms with Crippen LogP contribution >= 0.6 is 0 Å². The van der Waals surface area contributed by atoms with E-state index in [0.29, 0.717) is 5.69 Å². The van der Waals surface area contributed by atoms with Crippen LogP contribution in [0.25, 0.3) is 11.3 Å². The number of carboxylic acid groups (broad SMARTS) is 1. The molecule has 3 aromatic rings. The number of aryl methyl sites for hydroxylation is 3. The number of hydrogen-bond donors (Lipinski definition) is 3. The summed E-state index contributed by atoms with van der Waals surface area (Å²) in [6.07, 6.45) is 3.15. The van der Waals surface area contributed by atoms with Crippen LogP contribution in [0.2, 0.25) is 0 Å². The minimum atomic E-state index is -1.47. The Labute approximate surface area is 193 Å². The predicted molar refractivity (Wildman–Crippen MR) is 122 cm³/mol. The standard InChI is InChI=1S/C23H21N5O6/c1-12(24-25-22(30)16-8-9-17(23(31)32)18(11-16)28(33)34)19-21(29)20(27(2)26-19)15-7-6-13-4-3-5-14(13)10-15/h6-11,29H,3-5H2,1-2H3,(H,25,30)(H,31,32)/b24-12+. The average molecular weight is 463 g/mol. The molecule has 1 aliphatic carbocycles. The Morgan fingerprint density at radius 1 is 1.18 bits per heavy atom. The molecule has 0 atom stereocenters. The first-order chi connectivity index (χ1) is 16.2. The minimum Gasteiger partial charge on any atom is -0.504 e. The number of hydrogen-bond acceptors (Lipinski definition) is 7. The van der Waals surface area contributed by atoms with Gasteiger partial charge in [0, 0.05) is 24.2 Å². The fraction of sp³-hybridized carbons (Fsp3) is 0.217. The van der Waals surface area contributed by atoms with Gasteiger partial charge in [0.2, 0.25) is 0 Å². The summed E-state index contributed by atoms with van der Waals surface area (Å²) in [4.78, 5) is 33.9. The lowest BCUT2D eigenvalue weighted by Crippen LogP contribution is -2.20. The number of benzene rings is 2. The molecule has 0 saturated heterocycles. The number of carboxylic acids is 1. The smallest absolute Gasteiger partial charge is 0.342 e. The molecule has 3 N–H and O–H groups in total. The van der Waals surface area contributed by atoms with E-state index in [1.54, 1.807) is 14.0 Å². The summed E-state index contributed by atoms with van der Waals surface area (Å²) in [5, 5.41) is 39.3. The summed E-state index contributed by atoms with van der Waals surface area (Å²) in [7, 11) is 1.70. The highest BCUT2D eigenvalue weighted by Gasteiger charge is 2.23. The number of amides is 1. The van der Waals surface area contributed by atoms with Crippen molar-refractivity contribution in [1.82, 2.24) is 15.2 Å². The minimum absolute atomic E-state index is 0.0857. The van der Waals surface area contributed by atoms with E-state index >= 15 is 0 Å². The quantitative estimate of drug-likeness (QED) is 0.288. The number of aromatic nitrogens is 2. The number of aromatic hydroxyl groups is 1.